The number of rotatable bonds is 6. The number of allylic oxidation sites excluding steroid dienone is 1. The SMILES string of the molecule is C1=C(c2cc3ccccc3n2CCOCc2ccccc2)c2ccccc2CC1. The summed E-state index contributed by atoms with van der Waals surface area (Å²) in [6.45, 7) is 2.19. The predicted octanol–water partition coefficient (Wildman–Crippen LogP) is 6.24. The van der Waals surface area contributed by atoms with Crippen LogP contribution in [0, 0.1) is 0 Å². The molecule has 5 rings (SSSR count). The van der Waals surface area contributed by atoms with Crippen molar-refractivity contribution in [1.29, 1.82) is 0 Å². The molecule has 0 fully saturated rings. The number of aryl methyl sites for hydroxylation is 1. The molecule has 0 bridgehead atoms. The lowest BCUT2D eigenvalue weighted by Gasteiger charge is -2.20. The summed E-state index contributed by atoms with van der Waals surface area (Å²) in [5.74, 6) is 0. The molecule has 0 spiro atoms. The number of fused-ring (bicyclic) bond motifs is 2. The van der Waals surface area contributed by atoms with Crippen LogP contribution in [0.2, 0.25) is 0 Å². The zero-order valence-corrected chi connectivity index (χ0v) is 16.6. The second-order valence-electron chi connectivity index (χ2n) is 7.59. The number of hydrogen-bond donors (Lipinski definition) is 0. The largest absolute Gasteiger partial charge is 0.375 e. The molecule has 1 heterocycles. The van der Waals surface area contributed by atoms with Crippen molar-refractivity contribution >= 4 is 16.5 Å². The maximum absolute atomic E-state index is 6.01. The van der Waals surface area contributed by atoms with E-state index in [1.165, 1.54) is 38.9 Å². The third kappa shape index (κ3) is 3.64. The van der Waals surface area contributed by atoms with Gasteiger partial charge >= 0.3 is 0 Å². The first-order valence-corrected chi connectivity index (χ1v) is 10.4. The summed E-state index contributed by atoms with van der Waals surface area (Å²) in [7, 11) is 0. The van der Waals surface area contributed by atoms with E-state index in [-0.39, 0.29) is 0 Å². The van der Waals surface area contributed by atoms with Crippen LogP contribution < -0.4 is 0 Å². The Morgan fingerprint density at radius 1 is 0.828 bits per heavy atom. The van der Waals surface area contributed by atoms with E-state index in [2.05, 4.69) is 89.5 Å². The Bertz CT molecular complexity index is 1150. The third-order valence-electron chi connectivity index (χ3n) is 5.73. The standard InChI is InChI=1S/C27H25NO/c1-2-9-21(10-3-1)20-29-18-17-28-26-16-7-5-12-23(26)19-27(28)25-15-8-13-22-11-4-6-14-24(22)25/h1-7,9-12,14-16,19H,8,13,17-18,20H2. The Hall–Kier alpha value is -3.10. The number of benzene rings is 3. The van der Waals surface area contributed by atoms with Crippen molar-refractivity contribution in [2.45, 2.75) is 26.0 Å². The number of ether oxygens (including phenoxy) is 1. The van der Waals surface area contributed by atoms with Crippen LogP contribution in [-0.4, -0.2) is 11.2 Å². The Balaban J connectivity index is 1.44. The Morgan fingerprint density at radius 2 is 1.62 bits per heavy atom. The first kappa shape index (κ1) is 18.0. The minimum atomic E-state index is 0.654. The molecule has 3 aromatic carbocycles. The second-order valence-corrected chi connectivity index (χ2v) is 7.59. The van der Waals surface area contributed by atoms with Gasteiger partial charge in [0.15, 0.2) is 0 Å². The zero-order chi connectivity index (χ0) is 19.5. The summed E-state index contributed by atoms with van der Waals surface area (Å²) >= 11 is 0. The quantitative estimate of drug-likeness (QED) is 0.362. The van der Waals surface area contributed by atoms with Crippen molar-refractivity contribution in [1.82, 2.24) is 4.57 Å². The van der Waals surface area contributed by atoms with Crippen LogP contribution in [0.25, 0.3) is 16.5 Å². The Kier molecular flexibility index (Phi) is 5.02. The van der Waals surface area contributed by atoms with Gasteiger partial charge in [0.2, 0.25) is 0 Å². The lowest BCUT2D eigenvalue weighted by atomic mass is 9.89. The van der Waals surface area contributed by atoms with Gasteiger partial charge in [-0.05, 0) is 41.7 Å². The minimum Gasteiger partial charge on any atom is -0.375 e. The molecule has 2 heteroatoms. The monoisotopic (exact) mass is 379 g/mol. The van der Waals surface area contributed by atoms with Crippen molar-refractivity contribution in [2.75, 3.05) is 6.61 Å². The molecule has 0 amide bonds. The maximum atomic E-state index is 6.01. The molecule has 2 nitrogen and oxygen atoms in total. The molecular formula is C27H25NO. The van der Waals surface area contributed by atoms with Gasteiger partial charge in [-0.1, -0.05) is 78.9 Å². The predicted molar refractivity (Wildman–Crippen MR) is 120 cm³/mol. The Morgan fingerprint density at radius 3 is 2.55 bits per heavy atom. The van der Waals surface area contributed by atoms with Gasteiger partial charge in [-0.3, -0.25) is 0 Å². The average Bonchev–Trinajstić information content (AvgIpc) is 3.15. The maximum Gasteiger partial charge on any atom is 0.0717 e. The lowest BCUT2D eigenvalue weighted by molar-refractivity contribution is 0.114. The first-order valence-electron chi connectivity index (χ1n) is 10.4. The summed E-state index contributed by atoms with van der Waals surface area (Å²) in [6.07, 6.45) is 4.62. The molecule has 1 aliphatic rings. The zero-order valence-electron chi connectivity index (χ0n) is 16.6. The summed E-state index contributed by atoms with van der Waals surface area (Å²) in [5, 5.41) is 1.29. The highest BCUT2D eigenvalue weighted by atomic mass is 16.5. The highest BCUT2D eigenvalue weighted by molar-refractivity contribution is 5.90. The normalized spacial score (nSPS) is 13.3. The van der Waals surface area contributed by atoms with Crippen LogP contribution in [0.15, 0.2) is 91.0 Å². The fourth-order valence-corrected chi connectivity index (χ4v) is 4.32. The summed E-state index contributed by atoms with van der Waals surface area (Å²) in [4.78, 5) is 0. The smallest absolute Gasteiger partial charge is 0.0717 e. The van der Waals surface area contributed by atoms with E-state index in [1.807, 2.05) is 6.07 Å². The van der Waals surface area contributed by atoms with E-state index in [1.54, 1.807) is 0 Å². The number of aromatic nitrogens is 1. The fraction of sp³-hybridized carbons (Fsp3) is 0.185. The van der Waals surface area contributed by atoms with E-state index in [0.717, 1.165) is 19.4 Å². The summed E-state index contributed by atoms with van der Waals surface area (Å²) in [6, 6.07) is 30.2. The minimum absolute atomic E-state index is 0.654. The first-order chi connectivity index (χ1) is 14.4. The molecule has 0 aliphatic heterocycles. The topological polar surface area (TPSA) is 14.2 Å². The molecule has 4 aromatic rings. The highest BCUT2D eigenvalue weighted by Gasteiger charge is 2.18. The summed E-state index contributed by atoms with van der Waals surface area (Å²) in [5.41, 5.74) is 7.95. The van der Waals surface area contributed by atoms with Crippen molar-refractivity contribution in [3.8, 4) is 0 Å². The van der Waals surface area contributed by atoms with Gasteiger partial charge < -0.3 is 9.30 Å². The molecule has 144 valence electrons. The summed E-state index contributed by atoms with van der Waals surface area (Å²) < 4.78 is 8.44. The van der Waals surface area contributed by atoms with Crippen LogP contribution in [0.1, 0.15) is 28.8 Å². The molecule has 0 saturated heterocycles. The fourth-order valence-electron chi connectivity index (χ4n) is 4.32. The van der Waals surface area contributed by atoms with Gasteiger partial charge in [0.25, 0.3) is 0 Å². The van der Waals surface area contributed by atoms with E-state index in [9.17, 15) is 0 Å². The molecule has 1 aromatic heterocycles. The average molecular weight is 380 g/mol. The molecule has 1 aliphatic carbocycles. The van der Waals surface area contributed by atoms with Gasteiger partial charge in [0, 0.05) is 28.7 Å². The van der Waals surface area contributed by atoms with Crippen LogP contribution in [0.4, 0.5) is 0 Å². The number of para-hydroxylation sites is 1. The van der Waals surface area contributed by atoms with E-state index in [4.69, 9.17) is 4.74 Å². The highest BCUT2D eigenvalue weighted by Crippen LogP contribution is 2.34. The van der Waals surface area contributed by atoms with Gasteiger partial charge in [-0.15, -0.1) is 0 Å². The van der Waals surface area contributed by atoms with Gasteiger partial charge in [-0.2, -0.15) is 0 Å². The third-order valence-corrected chi connectivity index (χ3v) is 5.73. The van der Waals surface area contributed by atoms with Gasteiger partial charge in [0.05, 0.1) is 13.2 Å². The molecule has 0 N–H and O–H groups in total. The molecule has 0 unspecified atom stereocenters. The van der Waals surface area contributed by atoms with Crippen LogP contribution in [0.3, 0.4) is 0 Å². The van der Waals surface area contributed by atoms with Crippen molar-refractivity contribution < 1.29 is 4.74 Å². The van der Waals surface area contributed by atoms with Gasteiger partial charge in [-0.25, -0.2) is 0 Å². The van der Waals surface area contributed by atoms with Crippen LogP contribution >= 0.6 is 0 Å². The molecule has 29 heavy (non-hydrogen) atoms. The van der Waals surface area contributed by atoms with Crippen LogP contribution in [0.5, 0.6) is 0 Å². The lowest BCUT2D eigenvalue weighted by Crippen LogP contribution is -2.11. The number of nitrogens with zero attached hydrogens (tertiary/aromatic N) is 1. The number of hydrogen-bond acceptors (Lipinski definition) is 1. The molecule has 0 saturated carbocycles. The molecule has 0 atom stereocenters. The second kappa shape index (κ2) is 8.10. The van der Waals surface area contributed by atoms with Crippen LogP contribution in [-0.2, 0) is 24.3 Å². The van der Waals surface area contributed by atoms with E-state index >= 15 is 0 Å². The van der Waals surface area contributed by atoms with Gasteiger partial charge in [0.1, 0.15) is 0 Å². The van der Waals surface area contributed by atoms with E-state index < -0.39 is 0 Å². The van der Waals surface area contributed by atoms with E-state index in [0.29, 0.717) is 13.2 Å². The van der Waals surface area contributed by atoms with Crippen molar-refractivity contribution in [2.24, 2.45) is 0 Å². The van der Waals surface area contributed by atoms with Crippen molar-refractivity contribution in [3.63, 3.8) is 0 Å². The molecule has 0 radical (unpaired) electrons. The Labute approximate surface area is 172 Å². The molecular weight excluding hydrogens is 354 g/mol. The van der Waals surface area contributed by atoms with Crippen molar-refractivity contribution in [3.05, 3.63) is 113 Å².